The van der Waals surface area contributed by atoms with Crippen LogP contribution in [0.15, 0.2) is 54.6 Å². The monoisotopic (exact) mass is 465 g/mol. The molecule has 0 spiro atoms. The number of morpholine rings is 1. The topological polar surface area (TPSA) is 94.2 Å². The molecular weight excluding hydrogens is 434 g/mol. The van der Waals surface area contributed by atoms with E-state index < -0.39 is 0 Å². The van der Waals surface area contributed by atoms with Gasteiger partial charge in [0.1, 0.15) is 0 Å². The molecule has 2 N–H and O–H groups in total. The fraction of sp³-hybridized carbons (Fsp3) is 0.400. The van der Waals surface area contributed by atoms with E-state index in [1.165, 1.54) is 0 Å². The van der Waals surface area contributed by atoms with Crippen LogP contribution in [0.1, 0.15) is 10.4 Å². The van der Waals surface area contributed by atoms with Crippen LogP contribution in [-0.2, 0) is 14.3 Å². The van der Waals surface area contributed by atoms with Gasteiger partial charge in [-0.15, -0.1) is 0 Å². The van der Waals surface area contributed by atoms with Crippen molar-refractivity contribution in [3.63, 3.8) is 0 Å². The number of nitrogens with one attached hydrogen (secondary N) is 2. The fourth-order valence-electron chi connectivity index (χ4n) is 4.11. The van der Waals surface area contributed by atoms with Crippen LogP contribution >= 0.6 is 0 Å². The van der Waals surface area contributed by atoms with Crippen LogP contribution in [0.4, 0.5) is 11.4 Å². The predicted octanol–water partition coefficient (Wildman–Crippen LogP) is 1.35. The molecule has 3 amide bonds. The zero-order chi connectivity index (χ0) is 23.8. The van der Waals surface area contributed by atoms with Gasteiger partial charge >= 0.3 is 0 Å². The number of hydrogen-bond donors (Lipinski definition) is 2. The van der Waals surface area contributed by atoms with Gasteiger partial charge in [0.25, 0.3) is 5.91 Å². The van der Waals surface area contributed by atoms with Crippen molar-refractivity contribution in [2.45, 2.75) is 0 Å². The molecule has 180 valence electrons. The van der Waals surface area contributed by atoms with E-state index in [4.69, 9.17) is 4.74 Å². The van der Waals surface area contributed by atoms with Crippen LogP contribution < -0.4 is 10.6 Å². The number of amides is 3. The summed E-state index contributed by atoms with van der Waals surface area (Å²) in [5.41, 5.74) is 1.58. The van der Waals surface area contributed by atoms with Crippen LogP contribution in [-0.4, -0.2) is 98.0 Å². The van der Waals surface area contributed by atoms with Crippen molar-refractivity contribution in [3.8, 4) is 0 Å². The highest BCUT2D eigenvalue weighted by molar-refractivity contribution is 6.10. The number of nitrogens with zero attached hydrogens (tertiary/aromatic N) is 3. The second-order valence-corrected chi connectivity index (χ2v) is 8.46. The lowest BCUT2D eigenvalue weighted by Gasteiger charge is -2.35. The number of anilines is 2. The summed E-state index contributed by atoms with van der Waals surface area (Å²) in [6.07, 6.45) is 0. The number of piperazine rings is 1. The molecule has 0 aromatic heterocycles. The van der Waals surface area contributed by atoms with Gasteiger partial charge in [0.2, 0.25) is 11.8 Å². The van der Waals surface area contributed by atoms with E-state index in [0.29, 0.717) is 62.9 Å². The summed E-state index contributed by atoms with van der Waals surface area (Å²) in [6.45, 7) is 6.05. The Kier molecular flexibility index (Phi) is 8.24. The molecule has 2 heterocycles. The average Bonchev–Trinajstić information content (AvgIpc) is 2.86. The van der Waals surface area contributed by atoms with E-state index in [1.807, 2.05) is 35.2 Å². The Labute approximate surface area is 199 Å². The molecule has 2 aromatic carbocycles. The molecule has 0 saturated carbocycles. The third-order valence-corrected chi connectivity index (χ3v) is 6.03. The van der Waals surface area contributed by atoms with Crippen LogP contribution in [0.2, 0.25) is 0 Å². The molecule has 0 bridgehead atoms. The normalized spacial score (nSPS) is 17.2. The summed E-state index contributed by atoms with van der Waals surface area (Å²) in [6, 6.07) is 16.2. The van der Waals surface area contributed by atoms with Crippen LogP contribution in [0, 0.1) is 0 Å². The van der Waals surface area contributed by atoms with Gasteiger partial charge in [0, 0.05) is 45.0 Å². The number of ether oxygens (including phenoxy) is 1. The maximum atomic E-state index is 12.7. The van der Waals surface area contributed by atoms with Crippen molar-refractivity contribution < 1.29 is 19.1 Å². The zero-order valence-corrected chi connectivity index (χ0v) is 19.2. The standard InChI is InChI=1S/C25H31N5O4/c31-23(18-28-10-12-29(13-11-28)19-24(32)30-14-16-34-17-15-30)27-22-9-5-4-8-21(22)25(33)26-20-6-2-1-3-7-20/h1-9H,10-19H2,(H,26,33)(H,27,31). The minimum Gasteiger partial charge on any atom is -0.378 e. The number of benzene rings is 2. The van der Waals surface area contributed by atoms with Crippen molar-refractivity contribution in [3.05, 3.63) is 60.2 Å². The summed E-state index contributed by atoms with van der Waals surface area (Å²) in [4.78, 5) is 43.9. The van der Waals surface area contributed by atoms with Gasteiger partial charge in [-0.2, -0.15) is 0 Å². The van der Waals surface area contributed by atoms with E-state index in [0.717, 1.165) is 13.1 Å². The Morgan fingerprint density at radius 2 is 1.35 bits per heavy atom. The summed E-state index contributed by atoms with van der Waals surface area (Å²) in [7, 11) is 0. The second kappa shape index (κ2) is 11.7. The molecule has 9 heteroatoms. The Morgan fingerprint density at radius 1 is 0.735 bits per heavy atom. The van der Waals surface area contributed by atoms with Gasteiger partial charge in [-0.3, -0.25) is 24.2 Å². The SMILES string of the molecule is O=C(CN1CCN(CC(=O)N2CCOCC2)CC1)Nc1ccccc1C(=O)Nc1ccccc1. The van der Waals surface area contributed by atoms with Crippen molar-refractivity contribution >= 4 is 29.1 Å². The number of carbonyl (C=O) groups is 3. The summed E-state index contributed by atoms with van der Waals surface area (Å²) in [5.74, 6) is -0.307. The lowest BCUT2D eigenvalue weighted by molar-refractivity contribution is -0.137. The number of rotatable bonds is 7. The number of para-hydroxylation sites is 2. The molecule has 0 aliphatic carbocycles. The molecule has 0 radical (unpaired) electrons. The van der Waals surface area contributed by atoms with Gasteiger partial charge < -0.3 is 20.3 Å². The van der Waals surface area contributed by atoms with E-state index in [-0.39, 0.29) is 24.3 Å². The molecule has 2 aliphatic rings. The molecule has 0 unspecified atom stereocenters. The van der Waals surface area contributed by atoms with Crippen LogP contribution in [0.5, 0.6) is 0 Å². The Bertz CT molecular complexity index is 986. The summed E-state index contributed by atoms with van der Waals surface area (Å²) >= 11 is 0. The molecule has 34 heavy (non-hydrogen) atoms. The van der Waals surface area contributed by atoms with Crippen molar-refractivity contribution in [2.75, 3.05) is 76.2 Å². The average molecular weight is 466 g/mol. The minimum atomic E-state index is -0.277. The van der Waals surface area contributed by atoms with E-state index >= 15 is 0 Å². The molecule has 0 atom stereocenters. The first-order valence-electron chi connectivity index (χ1n) is 11.6. The minimum absolute atomic E-state index is 0.139. The summed E-state index contributed by atoms with van der Waals surface area (Å²) < 4.78 is 5.31. The first kappa shape index (κ1) is 23.9. The van der Waals surface area contributed by atoms with Gasteiger partial charge in [-0.1, -0.05) is 30.3 Å². The van der Waals surface area contributed by atoms with Crippen molar-refractivity contribution in [1.82, 2.24) is 14.7 Å². The first-order valence-corrected chi connectivity index (χ1v) is 11.6. The first-order chi connectivity index (χ1) is 16.6. The molecule has 2 aromatic rings. The molecule has 2 saturated heterocycles. The Morgan fingerprint density at radius 3 is 2.06 bits per heavy atom. The van der Waals surface area contributed by atoms with Crippen LogP contribution in [0.3, 0.4) is 0 Å². The Hall–Kier alpha value is -3.27. The van der Waals surface area contributed by atoms with Crippen molar-refractivity contribution in [1.29, 1.82) is 0 Å². The van der Waals surface area contributed by atoms with E-state index in [9.17, 15) is 14.4 Å². The van der Waals surface area contributed by atoms with Crippen molar-refractivity contribution in [2.24, 2.45) is 0 Å². The Balaban J connectivity index is 1.24. The fourth-order valence-corrected chi connectivity index (χ4v) is 4.11. The molecular formula is C25H31N5O4. The lowest BCUT2D eigenvalue weighted by atomic mass is 10.1. The smallest absolute Gasteiger partial charge is 0.257 e. The maximum Gasteiger partial charge on any atom is 0.257 e. The van der Waals surface area contributed by atoms with Crippen LogP contribution in [0.25, 0.3) is 0 Å². The van der Waals surface area contributed by atoms with Gasteiger partial charge in [0.05, 0.1) is 37.6 Å². The highest BCUT2D eigenvalue weighted by Gasteiger charge is 2.24. The molecule has 2 aliphatic heterocycles. The highest BCUT2D eigenvalue weighted by Crippen LogP contribution is 2.17. The summed E-state index contributed by atoms with van der Waals surface area (Å²) in [5, 5.41) is 5.74. The van der Waals surface area contributed by atoms with E-state index in [2.05, 4.69) is 20.4 Å². The van der Waals surface area contributed by atoms with Gasteiger partial charge in [0.15, 0.2) is 0 Å². The van der Waals surface area contributed by atoms with Gasteiger partial charge in [-0.05, 0) is 24.3 Å². The van der Waals surface area contributed by atoms with E-state index in [1.54, 1.807) is 24.3 Å². The second-order valence-electron chi connectivity index (χ2n) is 8.46. The van der Waals surface area contributed by atoms with Gasteiger partial charge in [-0.25, -0.2) is 0 Å². The maximum absolute atomic E-state index is 12.7. The number of hydrogen-bond acceptors (Lipinski definition) is 6. The number of carbonyl (C=O) groups excluding carboxylic acids is 3. The predicted molar refractivity (Wildman–Crippen MR) is 130 cm³/mol. The third kappa shape index (κ3) is 6.63. The highest BCUT2D eigenvalue weighted by atomic mass is 16.5. The third-order valence-electron chi connectivity index (χ3n) is 6.03. The zero-order valence-electron chi connectivity index (χ0n) is 19.2. The lowest BCUT2D eigenvalue weighted by Crippen LogP contribution is -2.52. The molecule has 9 nitrogen and oxygen atoms in total. The quantitative estimate of drug-likeness (QED) is 0.641. The molecule has 4 rings (SSSR count). The largest absolute Gasteiger partial charge is 0.378 e. The molecule has 2 fully saturated rings.